The zero-order valence-electron chi connectivity index (χ0n) is 10.7. The summed E-state index contributed by atoms with van der Waals surface area (Å²) >= 11 is 0. The Morgan fingerprint density at radius 2 is 1.53 bits per heavy atom. The number of nitrogens with zero attached hydrogens (tertiary/aromatic N) is 1. The molecule has 4 nitrogen and oxygen atoms in total. The van der Waals surface area contributed by atoms with Gasteiger partial charge in [-0.3, -0.25) is 0 Å². The average molecular weight is 239 g/mol. The summed E-state index contributed by atoms with van der Waals surface area (Å²) in [5.41, 5.74) is 2.41. The minimum atomic E-state index is 0.158. The molecule has 0 atom stereocenters. The van der Waals surface area contributed by atoms with E-state index in [2.05, 4.69) is 29.2 Å². The minimum absolute atomic E-state index is 0.158. The molecule has 0 aliphatic heterocycles. The lowest BCUT2D eigenvalue weighted by atomic mass is 10.2. The van der Waals surface area contributed by atoms with Crippen molar-refractivity contribution in [2.75, 3.05) is 45.3 Å². The van der Waals surface area contributed by atoms with Gasteiger partial charge in [-0.1, -0.05) is 12.1 Å². The Morgan fingerprint density at radius 3 is 1.94 bits per heavy atom. The zero-order valence-corrected chi connectivity index (χ0v) is 10.7. The molecule has 1 aromatic rings. The van der Waals surface area contributed by atoms with Gasteiger partial charge in [0.05, 0.1) is 13.2 Å². The van der Waals surface area contributed by atoms with Crippen molar-refractivity contribution in [1.29, 1.82) is 0 Å². The molecule has 0 unspecified atom stereocenters. The van der Waals surface area contributed by atoms with E-state index in [1.54, 1.807) is 0 Å². The van der Waals surface area contributed by atoms with Crippen molar-refractivity contribution in [3.8, 4) is 0 Å². The van der Waals surface area contributed by atoms with Gasteiger partial charge in [-0.2, -0.15) is 0 Å². The molecule has 96 valence electrons. The second-order valence-corrected chi connectivity index (χ2v) is 4.43. The maximum Gasteiger partial charge on any atom is 0.103 e. The van der Waals surface area contributed by atoms with Crippen molar-refractivity contribution in [1.82, 2.24) is 0 Å². The van der Waals surface area contributed by atoms with E-state index in [-0.39, 0.29) is 13.2 Å². The first kappa shape index (κ1) is 14.0. The third kappa shape index (κ3) is 4.73. The second-order valence-electron chi connectivity index (χ2n) is 4.43. The van der Waals surface area contributed by atoms with Crippen LogP contribution in [0.3, 0.4) is 0 Å². The first-order valence-electron chi connectivity index (χ1n) is 5.99. The SMILES string of the molecule is CN(C)c1ccc(C[NH+](CCO)CCO)cc1. The largest absolute Gasteiger partial charge is 0.391 e. The monoisotopic (exact) mass is 239 g/mol. The Bertz CT molecular complexity index is 306. The second kappa shape index (κ2) is 7.27. The van der Waals surface area contributed by atoms with Crippen LogP contribution in [-0.4, -0.2) is 50.6 Å². The Balaban J connectivity index is 2.59. The molecule has 3 N–H and O–H groups in total. The summed E-state index contributed by atoms with van der Waals surface area (Å²) in [7, 11) is 4.04. The van der Waals surface area contributed by atoms with Gasteiger partial charge in [0.25, 0.3) is 0 Å². The lowest BCUT2D eigenvalue weighted by molar-refractivity contribution is -0.914. The molecule has 0 amide bonds. The summed E-state index contributed by atoms with van der Waals surface area (Å²) in [6.07, 6.45) is 0. The molecule has 0 fully saturated rings. The standard InChI is InChI=1S/C13H22N2O2/c1-14(2)13-5-3-12(4-6-13)11-15(7-9-16)8-10-17/h3-6,16-17H,7-11H2,1-2H3/p+1. The number of anilines is 1. The van der Waals surface area contributed by atoms with Crippen LogP contribution in [0.25, 0.3) is 0 Å². The lowest BCUT2D eigenvalue weighted by Crippen LogP contribution is -3.11. The van der Waals surface area contributed by atoms with Gasteiger partial charge in [0.15, 0.2) is 0 Å². The van der Waals surface area contributed by atoms with Crippen molar-refractivity contribution in [2.24, 2.45) is 0 Å². The highest BCUT2D eigenvalue weighted by atomic mass is 16.3. The summed E-state index contributed by atoms with van der Waals surface area (Å²) in [6, 6.07) is 8.38. The molecule has 0 aromatic heterocycles. The van der Waals surface area contributed by atoms with Crippen LogP contribution >= 0.6 is 0 Å². The van der Waals surface area contributed by atoms with Gasteiger partial charge in [-0.25, -0.2) is 0 Å². The molecule has 4 heteroatoms. The molecular weight excluding hydrogens is 216 g/mol. The van der Waals surface area contributed by atoms with Crippen LogP contribution < -0.4 is 9.80 Å². The predicted molar refractivity (Wildman–Crippen MR) is 69.3 cm³/mol. The highest BCUT2D eigenvalue weighted by molar-refractivity contribution is 5.45. The molecule has 17 heavy (non-hydrogen) atoms. The molecule has 1 rings (SSSR count). The number of aliphatic hydroxyl groups is 2. The van der Waals surface area contributed by atoms with Gasteiger partial charge in [-0.05, 0) is 12.1 Å². The van der Waals surface area contributed by atoms with Crippen LogP contribution in [-0.2, 0) is 6.54 Å². The maximum absolute atomic E-state index is 8.95. The summed E-state index contributed by atoms with van der Waals surface area (Å²) in [5, 5.41) is 17.9. The number of hydrogen-bond acceptors (Lipinski definition) is 3. The van der Waals surface area contributed by atoms with Crippen LogP contribution in [0.1, 0.15) is 5.56 Å². The summed E-state index contributed by atoms with van der Waals surface area (Å²) in [6.45, 7) is 2.51. The lowest BCUT2D eigenvalue weighted by Gasteiger charge is -2.18. The molecule has 0 spiro atoms. The topological polar surface area (TPSA) is 48.1 Å². The van der Waals surface area contributed by atoms with Crippen LogP contribution in [0, 0.1) is 0 Å². The summed E-state index contributed by atoms with van der Waals surface area (Å²) < 4.78 is 0. The Kier molecular flexibility index (Phi) is 5.97. The van der Waals surface area contributed by atoms with Crippen LogP contribution in [0.5, 0.6) is 0 Å². The number of quaternary nitrogens is 1. The van der Waals surface area contributed by atoms with Gasteiger partial charge in [0.1, 0.15) is 19.6 Å². The van der Waals surface area contributed by atoms with Crippen molar-refractivity contribution in [3.05, 3.63) is 29.8 Å². The molecule has 0 aliphatic rings. The smallest absolute Gasteiger partial charge is 0.103 e. The first-order valence-corrected chi connectivity index (χ1v) is 5.99. The first-order chi connectivity index (χ1) is 8.17. The number of benzene rings is 1. The fraction of sp³-hybridized carbons (Fsp3) is 0.538. The van der Waals surface area contributed by atoms with Crippen LogP contribution in [0.15, 0.2) is 24.3 Å². The number of nitrogens with one attached hydrogen (secondary N) is 1. The predicted octanol–water partition coefficient (Wildman–Crippen LogP) is -0.878. The maximum atomic E-state index is 8.95. The van der Waals surface area contributed by atoms with E-state index in [9.17, 15) is 0 Å². The van der Waals surface area contributed by atoms with Gasteiger partial charge in [0.2, 0.25) is 0 Å². The molecular formula is C13H23N2O2+. The average Bonchev–Trinajstić information content (AvgIpc) is 2.30. The van der Waals surface area contributed by atoms with E-state index in [0.29, 0.717) is 13.1 Å². The number of hydrogen-bond donors (Lipinski definition) is 3. The highest BCUT2D eigenvalue weighted by Crippen LogP contribution is 2.11. The molecule has 0 heterocycles. The molecule has 0 aliphatic carbocycles. The Labute approximate surface area is 103 Å². The van der Waals surface area contributed by atoms with E-state index >= 15 is 0 Å². The van der Waals surface area contributed by atoms with E-state index < -0.39 is 0 Å². The van der Waals surface area contributed by atoms with Crippen LogP contribution in [0.2, 0.25) is 0 Å². The summed E-state index contributed by atoms with van der Waals surface area (Å²) in [5.74, 6) is 0. The third-order valence-electron chi connectivity index (χ3n) is 2.84. The van der Waals surface area contributed by atoms with Crippen molar-refractivity contribution < 1.29 is 15.1 Å². The molecule has 0 bridgehead atoms. The molecule has 0 saturated carbocycles. The fourth-order valence-electron chi connectivity index (χ4n) is 1.82. The van der Waals surface area contributed by atoms with E-state index in [4.69, 9.17) is 10.2 Å². The minimum Gasteiger partial charge on any atom is -0.391 e. The van der Waals surface area contributed by atoms with Crippen molar-refractivity contribution >= 4 is 5.69 Å². The highest BCUT2D eigenvalue weighted by Gasteiger charge is 2.08. The molecule has 0 radical (unpaired) electrons. The van der Waals surface area contributed by atoms with Gasteiger partial charge in [0, 0.05) is 25.3 Å². The number of aliphatic hydroxyl groups excluding tert-OH is 2. The fourth-order valence-corrected chi connectivity index (χ4v) is 1.82. The van der Waals surface area contributed by atoms with E-state index in [1.165, 1.54) is 16.2 Å². The van der Waals surface area contributed by atoms with Crippen molar-refractivity contribution in [3.63, 3.8) is 0 Å². The normalized spacial score (nSPS) is 10.9. The third-order valence-corrected chi connectivity index (χ3v) is 2.84. The Morgan fingerprint density at radius 1 is 1.00 bits per heavy atom. The van der Waals surface area contributed by atoms with E-state index in [0.717, 1.165) is 6.54 Å². The summed E-state index contributed by atoms with van der Waals surface area (Å²) in [4.78, 5) is 3.27. The zero-order chi connectivity index (χ0) is 12.7. The van der Waals surface area contributed by atoms with Crippen LogP contribution in [0.4, 0.5) is 5.69 Å². The molecule has 1 aromatic carbocycles. The van der Waals surface area contributed by atoms with Gasteiger partial charge in [-0.15, -0.1) is 0 Å². The van der Waals surface area contributed by atoms with Gasteiger partial charge < -0.3 is 20.0 Å². The molecule has 0 saturated heterocycles. The number of rotatable bonds is 7. The van der Waals surface area contributed by atoms with Gasteiger partial charge >= 0.3 is 0 Å². The van der Waals surface area contributed by atoms with E-state index in [1.807, 2.05) is 14.1 Å². The quantitative estimate of drug-likeness (QED) is 0.579. The Hall–Kier alpha value is -1.10. The van der Waals surface area contributed by atoms with Crippen molar-refractivity contribution in [2.45, 2.75) is 6.54 Å².